The van der Waals surface area contributed by atoms with Crippen LogP contribution >= 0.6 is 11.3 Å². The van der Waals surface area contributed by atoms with E-state index < -0.39 is 12.0 Å². The molecule has 0 fully saturated rings. The number of carbonyl (C=O) groups is 3. The molecule has 8 heteroatoms. The number of hydrogen-bond donors (Lipinski definition) is 2. The minimum Gasteiger partial charge on any atom is -0.480 e. The quantitative estimate of drug-likeness (QED) is 0.797. The average molecular weight is 299 g/mol. The zero-order chi connectivity index (χ0) is 15.3. The second-order valence-electron chi connectivity index (χ2n) is 4.26. The van der Waals surface area contributed by atoms with E-state index in [0.717, 1.165) is 0 Å². The minimum absolute atomic E-state index is 0.128. The first kappa shape index (κ1) is 16.1. The lowest BCUT2D eigenvalue weighted by Gasteiger charge is -2.26. The maximum Gasteiger partial charge on any atom is 0.326 e. The van der Waals surface area contributed by atoms with Crippen molar-refractivity contribution in [1.82, 2.24) is 15.2 Å². The van der Waals surface area contributed by atoms with Crippen molar-refractivity contribution in [2.45, 2.75) is 26.8 Å². The van der Waals surface area contributed by atoms with Crippen LogP contribution in [0.3, 0.4) is 0 Å². The second-order valence-corrected chi connectivity index (χ2v) is 5.12. The fourth-order valence-corrected chi connectivity index (χ4v) is 2.35. The number of carbonyl (C=O) groups excluding carboxylic acids is 2. The maximum absolute atomic E-state index is 12.4. The van der Waals surface area contributed by atoms with E-state index in [4.69, 9.17) is 5.11 Å². The lowest BCUT2D eigenvalue weighted by Crippen LogP contribution is -2.46. The standard InChI is InChI=1S/C12H17N3O4S/c1-7-10(20-6-14-7)11(17)15(8(2)12(18)19)5-4-13-9(3)16/h6,8H,4-5H2,1-3H3,(H,13,16)(H,18,19). The van der Waals surface area contributed by atoms with Gasteiger partial charge in [-0.15, -0.1) is 11.3 Å². The van der Waals surface area contributed by atoms with Crippen LogP contribution in [-0.2, 0) is 9.59 Å². The first-order valence-corrected chi connectivity index (χ1v) is 6.90. The van der Waals surface area contributed by atoms with Gasteiger partial charge in [0, 0.05) is 20.0 Å². The minimum atomic E-state index is -1.09. The summed E-state index contributed by atoms with van der Waals surface area (Å²) in [5, 5.41) is 11.6. The molecule has 2 amide bonds. The highest BCUT2D eigenvalue weighted by molar-refractivity contribution is 7.11. The Hall–Kier alpha value is -1.96. The molecule has 1 rings (SSSR count). The molecule has 1 atom stereocenters. The van der Waals surface area contributed by atoms with Crippen LogP contribution in [0, 0.1) is 6.92 Å². The number of aromatic nitrogens is 1. The highest BCUT2D eigenvalue weighted by Crippen LogP contribution is 2.16. The summed E-state index contributed by atoms with van der Waals surface area (Å²) in [7, 11) is 0. The van der Waals surface area contributed by atoms with E-state index in [2.05, 4.69) is 10.3 Å². The normalized spacial score (nSPS) is 11.8. The van der Waals surface area contributed by atoms with Gasteiger partial charge in [0.25, 0.3) is 5.91 Å². The number of amides is 2. The number of nitrogens with zero attached hydrogens (tertiary/aromatic N) is 2. The highest BCUT2D eigenvalue weighted by atomic mass is 32.1. The van der Waals surface area contributed by atoms with Gasteiger partial charge in [-0.3, -0.25) is 9.59 Å². The number of nitrogens with one attached hydrogen (secondary N) is 1. The molecule has 2 N–H and O–H groups in total. The number of aliphatic carboxylic acids is 1. The Labute approximate surface area is 120 Å². The number of carboxylic acids is 1. The molecule has 110 valence electrons. The van der Waals surface area contributed by atoms with E-state index >= 15 is 0 Å². The Morgan fingerprint density at radius 3 is 2.60 bits per heavy atom. The number of hydrogen-bond acceptors (Lipinski definition) is 5. The van der Waals surface area contributed by atoms with Gasteiger partial charge in [-0.1, -0.05) is 0 Å². The number of aryl methyl sites for hydroxylation is 1. The molecule has 1 unspecified atom stereocenters. The van der Waals surface area contributed by atoms with E-state index in [9.17, 15) is 14.4 Å². The Kier molecular flexibility index (Phi) is 5.63. The van der Waals surface area contributed by atoms with Crippen molar-refractivity contribution in [3.8, 4) is 0 Å². The molecule has 0 aliphatic carbocycles. The highest BCUT2D eigenvalue weighted by Gasteiger charge is 2.28. The lowest BCUT2D eigenvalue weighted by molar-refractivity contribution is -0.141. The van der Waals surface area contributed by atoms with Crippen molar-refractivity contribution in [3.05, 3.63) is 16.1 Å². The van der Waals surface area contributed by atoms with Gasteiger partial charge in [0.1, 0.15) is 10.9 Å². The van der Waals surface area contributed by atoms with Crippen LogP contribution in [0.4, 0.5) is 0 Å². The second kappa shape index (κ2) is 6.99. The van der Waals surface area contributed by atoms with Gasteiger partial charge < -0.3 is 15.3 Å². The molecule has 0 aliphatic rings. The molecule has 0 radical (unpaired) electrons. The Morgan fingerprint density at radius 2 is 2.15 bits per heavy atom. The SMILES string of the molecule is CC(=O)NCCN(C(=O)c1scnc1C)C(C)C(=O)O. The fraction of sp³-hybridized carbons (Fsp3) is 0.500. The molecule has 7 nitrogen and oxygen atoms in total. The van der Waals surface area contributed by atoms with E-state index in [-0.39, 0.29) is 24.9 Å². The molecule has 0 aromatic carbocycles. The summed E-state index contributed by atoms with van der Waals surface area (Å²) < 4.78 is 0. The van der Waals surface area contributed by atoms with Crippen LogP contribution in [0.25, 0.3) is 0 Å². The van der Waals surface area contributed by atoms with Crippen LogP contribution in [0.2, 0.25) is 0 Å². The molecule has 20 heavy (non-hydrogen) atoms. The molecule has 0 bridgehead atoms. The van der Waals surface area contributed by atoms with Crippen molar-refractivity contribution in [2.75, 3.05) is 13.1 Å². The van der Waals surface area contributed by atoms with Crippen molar-refractivity contribution in [3.63, 3.8) is 0 Å². The molecule has 1 heterocycles. The zero-order valence-corrected chi connectivity index (χ0v) is 12.4. The van der Waals surface area contributed by atoms with Gasteiger partial charge >= 0.3 is 5.97 Å². The number of rotatable bonds is 6. The van der Waals surface area contributed by atoms with Crippen molar-refractivity contribution >= 4 is 29.1 Å². The van der Waals surface area contributed by atoms with Crippen LogP contribution in [-0.4, -0.2) is 51.9 Å². The first-order valence-electron chi connectivity index (χ1n) is 6.03. The lowest BCUT2D eigenvalue weighted by atomic mass is 10.2. The smallest absolute Gasteiger partial charge is 0.326 e. The largest absolute Gasteiger partial charge is 0.480 e. The van der Waals surface area contributed by atoms with Crippen molar-refractivity contribution < 1.29 is 19.5 Å². The third-order valence-corrected chi connectivity index (χ3v) is 3.67. The molecule has 0 aliphatic heterocycles. The Bertz CT molecular complexity index is 515. The van der Waals surface area contributed by atoms with Crippen LogP contribution in [0.15, 0.2) is 5.51 Å². The van der Waals surface area contributed by atoms with Crippen LogP contribution in [0.1, 0.15) is 29.2 Å². The summed E-state index contributed by atoms with van der Waals surface area (Å²) in [6.07, 6.45) is 0. The first-order chi connectivity index (χ1) is 9.34. The average Bonchev–Trinajstić information content (AvgIpc) is 2.79. The summed E-state index contributed by atoms with van der Waals surface area (Å²) in [5.41, 5.74) is 2.11. The van der Waals surface area contributed by atoms with Gasteiger partial charge in [0.05, 0.1) is 11.2 Å². The van der Waals surface area contributed by atoms with E-state index in [1.54, 1.807) is 12.4 Å². The zero-order valence-electron chi connectivity index (χ0n) is 11.5. The molecular weight excluding hydrogens is 282 g/mol. The van der Waals surface area contributed by atoms with Gasteiger partial charge in [-0.2, -0.15) is 0 Å². The molecular formula is C12H17N3O4S. The van der Waals surface area contributed by atoms with Gasteiger partial charge in [-0.25, -0.2) is 9.78 Å². The fourth-order valence-electron chi connectivity index (χ4n) is 1.59. The van der Waals surface area contributed by atoms with Crippen molar-refractivity contribution in [2.24, 2.45) is 0 Å². The molecule has 1 aromatic heterocycles. The van der Waals surface area contributed by atoms with E-state index in [1.165, 1.54) is 30.1 Å². The summed E-state index contributed by atoms with van der Waals surface area (Å²) in [6.45, 7) is 4.82. The molecule has 0 saturated heterocycles. The molecule has 0 spiro atoms. The van der Waals surface area contributed by atoms with Gasteiger partial charge in [0.15, 0.2) is 0 Å². The summed E-state index contributed by atoms with van der Waals surface area (Å²) in [5.74, 6) is -1.71. The summed E-state index contributed by atoms with van der Waals surface area (Å²) >= 11 is 1.17. The third-order valence-electron chi connectivity index (χ3n) is 2.75. The van der Waals surface area contributed by atoms with E-state index in [0.29, 0.717) is 10.6 Å². The summed E-state index contributed by atoms with van der Waals surface area (Å²) in [4.78, 5) is 39.9. The molecule has 1 aromatic rings. The summed E-state index contributed by atoms with van der Waals surface area (Å²) in [6, 6.07) is -0.974. The Balaban J connectivity index is 2.87. The third kappa shape index (κ3) is 4.02. The topological polar surface area (TPSA) is 99.6 Å². The van der Waals surface area contributed by atoms with E-state index in [1.807, 2.05) is 0 Å². The number of thiazole rings is 1. The van der Waals surface area contributed by atoms with Gasteiger partial charge in [-0.05, 0) is 13.8 Å². The molecule has 0 saturated carbocycles. The Morgan fingerprint density at radius 1 is 1.50 bits per heavy atom. The van der Waals surface area contributed by atoms with Gasteiger partial charge in [0.2, 0.25) is 5.91 Å². The predicted molar refractivity (Wildman–Crippen MR) is 73.7 cm³/mol. The van der Waals surface area contributed by atoms with Crippen LogP contribution in [0.5, 0.6) is 0 Å². The van der Waals surface area contributed by atoms with Crippen LogP contribution < -0.4 is 5.32 Å². The maximum atomic E-state index is 12.4. The monoisotopic (exact) mass is 299 g/mol. The number of carboxylic acid groups (broad SMARTS) is 1. The van der Waals surface area contributed by atoms with Crippen molar-refractivity contribution in [1.29, 1.82) is 0 Å². The predicted octanol–water partition coefficient (Wildman–Crippen LogP) is 0.503.